The summed E-state index contributed by atoms with van der Waals surface area (Å²) in [5.74, 6) is 0.931. The second-order valence-corrected chi connectivity index (χ2v) is 1.73. The zero-order valence-electron chi connectivity index (χ0n) is 5.28. The van der Waals surface area contributed by atoms with E-state index < -0.39 is 0 Å². The largest absolute Gasteiger partial charge is 0.250 e. The van der Waals surface area contributed by atoms with Gasteiger partial charge in [-0.2, -0.15) is 0 Å². The molecule has 0 heterocycles. The smallest absolute Gasteiger partial charge is 0.0959 e. The fourth-order valence-corrected chi connectivity index (χ4v) is 0.498. The lowest BCUT2D eigenvalue weighted by Gasteiger charge is -2.02. The monoisotopic (exact) mass is 115 g/mol. The third-order valence-corrected chi connectivity index (χ3v) is 1.12. The standard InChI is InChI=1S/C7H12F/c1-3-5-7(4-2)6-8/h3H,1,4-6H2,2H3. The Morgan fingerprint density at radius 2 is 2.38 bits per heavy atom. The summed E-state index contributed by atoms with van der Waals surface area (Å²) >= 11 is 0. The molecule has 0 saturated heterocycles. The van der Waals surface area contributed by atoms with E-state index in [-0.39, 0.29) is 6.67 Å². The van der Waals surface area contributed by atoms with Gasteiger partial charge in [-0.15, -0.1) is 6.58 Å². The van der Waals surface area contributed by atoms with Gasteiger partial charge >= 0.3 is 0 Å². The van der Waals surface area contributed by atoms with E-state index in [0.29, 0.717) is 0 Å². The average molecular weight is 115 g/mol. The molecule has 0 aliphatic heterocycles. The van der Waals surface area contributed by atoms with Crippen molar-refractivity contribution in [2.45, 2.75) is 19.8 Å². The molecule has 0 aliphatic carbocycles. The van der Waals surface area contributed by atoms with Crippen molar-refractivity contribution in [2.75, 3.05) is 6.67 Å². The van der Waals surface area contributed by atoms with E-state index in [2.05, 4.69) is 6.58 Å². The first-order valence-electron chi connectivity index (χ1n) is 2.85. The van der Waals surface area contributed by atoms with Crippen LogP contribution in [0.1, 0.15) is 19.8 Å². The van der Waals surface area contributed by atoms with Crippen molar-refractivity contribution in [2.24, 2.45) is 0 Å². The fraction of sp³-hybridized carbons (Fsp3) is 0.571. The van der Waals surface area contributed by atoms with Gasteiger partial charge in [0.15, 0.2) is 0 Å². The van der Waals surface area contributed by atoms with Crippen LogP contribution in [0, 0.1) is 5.92 Å². The molecule has 0 saturated carbocycles. The van der Waals surface area contributed by atoms with Crippen LogP contribution in [0.2, 0.25) is 0 Å². The van der Waals surface area contributed by atoms with Crippen molar-refractivity contribution in [3.05, 3.63) is 18.6 Å². The van der Waals surface area contributed by atoms with Crippen molar-refractivity contribution >= 4 is 0 Å². The van der Waals surface area contributed by atoms with Crippen molar-refractivity contribution < 1.29 is 4.39 Å². The molecule has 0 nitrogen and oxygen atoms in total. The summed E-state index contributed by atoms with van der Waals surface area (Å²) in [4.78, 5) is 0. The number of halogens is 1. The molecule has 0 amide bonds. The van der Waals surface area contributed by atoms with E-state index in [9.17, 15) is 4.39 Å². The Hall–Kier alpha value is -0.330. The third-order valence-electron chi connectivity index (χ3n) is 1.12. The summed E-state index contributed by atoms with van der Waals surface area (Å²) < 4.78 is 11.8. The maximum atomic E-state index is 11.8. The van der Waals surface area contributed by atoms with Gasteiger partial charge < -0.3 is 0 Å². The summed E-state index contributed by atoms with van der Waals surface area (Å²) in [7, 11) is 0. The van der Waals surface area contributed by atoms with Crippen molar-refractivity contribution in [1.29, 1.82) is 0 Å². The molecular weight excluding hydrogens is 103 g/mol. The second-order valence-electron chi connectivity index (χ2n) is 1.73. The van der Waals surface area contributed by atoms with Crippen LogP contribution in [0.25, 0.3) is 0 Å². The highest BCUT2D eigenvalue weighted by molar-refractivity contribution is 4.93. The minimum Gasteiger partial charge on any atom is -0.250 e. The lowest BCUT2D eigenvalue weighted by Crippen LogP contribution is -1.94. The number of hydrogen-bond donors (Lipinski definition) is 0. The molecule has 1 radical (unpaired) electrons. The Bertz CT molecular complexity index is 55.4. The Balaban J connectivity index is 3.20. The molecule has 0 aromatic carbocycles. The van der Waals surface area contributed by atoms with Crippen molar-refractivity contribution in [1.82, 2.24) is 0 Å². The molecule has 0 fully saturated rings. The van der Waals surface area contributed by atoms with Crippen LogP contribution in [-0.4, -0.2) is 6.67 Å². The molecule has 0 N–H and O–H groups in total. The SMILES string of the molecule is C=CC[C](CC)CF. The van der Waals surface area contributed by atoms with Gasteiger partial charge in [-0.05, 0) is 12.8 Å². The van der Waals surface area contributed by atoms with Gasteiger partial charge in [0.2, 0.25) is 0 Å². The molecule has 8 heavy (non-hydrogen) atoms. The maximum Gasteiger partial charge on any atom is 0.0959 e. The molecule has 0 unspecified atom stereocenters. The van der Waals surface area contributed by atoms with Crippen LogP contribution in [0.4, 0.5) is 4.39 Å². The summed E-state index contributed by atoms with van der Waals surface area (Å²) in [5, 5.41) is 0. The molecule has 0 bridgehead atoms. The predicted octanol–water partition coefficient (Wildman–Crippen LogP) is 2.52. The van der Waals surface area contributed by atoms with Gasteiger partial charge in [0, 0.05) is 5.92 Å². The topological polar surface area (TPSA) is 0 Å². The zero-order valence-corrected chi connectivity index (χ0v) is 5.28. The van der Waals surface area contributed by atoms with E-state index in [4.69, 9.17) is 0 Å². The first-order chi connectivity index (χ1) is 3.85. The van der Waals surface area contributed by atoms with E-state index in [1.54, 1.807) is 6.08 Å². The van der Waals surface area contributed by atoms with Crippen molar-refractivity contribution in [3.63, 3.8) is 0 Å². The highest BCUT2D eigenvalue weighted by Gasteiger charge is 2.01. The first kappa shape index (κ1) is 7.67. The van der Waals surface area contributed by atoms with Gasteiger partial charge in [0.05, 0.1) is 6.67 Å². The average Bonchev–Trinajstić information content (AvgIpc) is 1.83. The molecular formula is C7H12F. The molecule has 1 heteroatoms. The third kappa shape index (κ3) is 2.78. The Labute approximate surface area is 50.4 Å². The number of rotatable bonds is 4. The summed E-state index contributed by atoms with van der Waals surface area (Å²) in [6.07, 6.45) is 3.30. The minimum absolute atomic E-state index is 0.289. The second kappa shape index (κ2) is 4.82. The van der Waals surface area contributed by atoms with Crippen LogP contribution < -0.4 is 0 Å². The maximum absolute atomic E-state index is 11.8. The summed E-state index contributed by atoms with van der Waals surface area (Å²) in [5.41, 5.74) is 0. The van der Waals surface area contributed by atoms with Gasteiger partial charge in [0.1, 0.15) is 0 Å². The molecule has 0 aromatic heterocycles. The number of allylic oxidation sites excluding steroid dienone is 1. The van der Waals surface area contributed by atoms with E-state index in [1.807, 2.05) is 6.92 Å². The molecule has 0 aliphatic rings. The molecule has 0 atom stereocenters. The normalized spacial score (nSPS) is 9.88. The molecule has 0 rings (SSSR count). The van der Waals surface area contributed by atoms with E-state index in [0.717, 1.165) is 18.8 Å². The highest BCUT2D eigenvalue weighted by atomic mass is 19.1. The lowest BCUT2D eigenvalue weighted by atomic mass is 10.1. The lowest BCUT2D eigenvalue weighted by molar-refractivity contribution is 0.485. The van der Waals surface area contributed by atoms with Gasteiger partial charge in [-0.25, -0.2) is 0 Å². The zero-order chi connectivity index (χ0) is 6.41. The quantitative estimate of drug-likeness (QED) is 0.494. The summed E-state index contributed by atoms with van der Waals surface area (Å²) in [6.45, 7) is 5.18. The van der Waals surface area contributed by atoms with Crippen molar-refractivity contribution in [3.8, 4) is 0 Å². The molecule has 47 valence electrons. The summed E-state index contributed by atoms with van der Waals surface area (Å²) in [6, 6.07) is 0. The fourth-order valence-electron chi connectivity index (χ4n) is 0.498. The van der Waals surface area contributed by atoms with Gasteiger partial charge in [-0.3, -0.25) is 4.39 Å². The van der Waals surface area contributed by atoms with Gasteiger partial charge in [0.25, 0.3) is 0 Å². The Morgan fingerprint density at radius 1 is 1.75 bits per heavy atom. The van der Waals surface area contributed by atoms with Crippen LogP contribution >= 0.6 is 0 Å². The Morgan fingerprint density at radius 3 is 2.50 bits per heavy atom. The van der Waals surface area contributed by atoms with E-state index in [1.165, 1.54) is 0 Å². The van der Waals surface area contributed by atoms with Crippen LogP contribution in [0.3, 0.4) is 0 Å². The van der Waals surface area contributed by atoms with Crippen LogP contribution in [-0.2, 0) is 0 Å². The minimum atomic E-state index is -0.289. The van der Waals surface area contributed by atoms with Crippen LogP contribution in [0.15, 0.2) is 12.7 Å². The Kier molecular flexibility index (Phi) is 4.62. The molecule has 0 aromatic rings. The number of hydrogen-bond acceptors (Lipinski definition) is 0. The van der Waals surface area contributed by atoms with Gasteiger partial charge in [-0.1, -0.05) is 13.0 Å². The van der Waals surface area contributed by atoms with Crippen LogP contribution in [0.5, 0.6) is 0 Å². The predicted molar refractivity (Wildman–Crippen MR) is 34.3 cm³/mol. The number of alkyl halides is 1. The highest BCUT2D eigenvalue weighted by Crippen LogP contribution is 2.10. The first-order valence-corrected chi connectivity index (χ1v) is 2.85. The van der Waals surface area contributed by atoms with E-state index >= 15 is 0 Å². The molecule has 0 spiro atoms.